The van der Waals surface area contributed by atoms with E-state index >= 15 is 0 Å². The van der Waals surface area contributed by atoms with Crippen molar-refractivity contribution in [3.05, 3.63) is 29.8 Å². The van der Waals surface area contributed by atoms with E-state index in [0.29, 0.717) is 18.3 Å². The van der Waals surface area contributed by atoms with E-state index in [1.54, 1.807) is 6.07 Å². The Labute approximate surface area is 93.8 Å². The summed E-state index contributed by atoms with van der Waals surface area (Å²) in [6.45, 7) is 1.15. The van der Waals surface area contributed by atoms with Gasteiger partial charge in [-0.2, -0.15) is 0 Å². The smallest absolute Gasteiger partial charge is 0.341 e. The molecule has 0 bridgehead atoms. The first-order chi connectivity index (χ1) is 7.77. The van der Waals surface area contributed by atoms with Crippen LogP contribution >= 0.6 is 0 Å². The normalized spacial score (nSPS) is 19.6. The summed E-state index contributed by atoms with van der Waals surface area (Å²) in [6.07, 6.45) is 0.966. The molecule has 1 aliphatic heterocycles. The van der Waals surface area contributed by atoms with Gasteiger partial charge in [0.1, 0.15) is 5.75 Å². The van der Waals surface area contributed by atoms with Gasteiger partial charge in [0, 0.05) is 12.5 Å². The Morgan fingerprint density at radius 1 is 1.50 bits per heavy atom. The number of aliphatic carboxylic acids is 1. The van der Waals surface area contributed by atoms with Gasteiger partial charge in [0.15, 0.2) is 6.61 Å². The minimum atomic E-state index is -0.961. The van der Waals surface area contributed by atoms with Gasteiger partial charge in [-0.15, -0.1) is 0 Å². The number of para-hydroxylation sites is 1. The average molecular weight is 222 g/mol. The van der Waals surface area contributed by atoms with Crippen LogP contribution in [0.4, 0.5) is 0 Å². The van der Waals surface area contributed by atoms with E-state index < -0.39 is 5.97 Å². The maximum atomic E-state index is 10.5. The fourth-order valence-electron chi connectivity index (χ4n) is 1.87. The number of carboxylic acids is 1. The van der Waals surface area contributed by atoms with Crippen molar-refractivity contribution in [2.24, 2.45) is 0 Å². The van der Waals surface area contributed by atoms with Gasteiger partial charge in [-0.25, -0.2) is 4.79 Å². The van der Waals surface area contributed by atoms with E-state index in [9.17, 15) is 4.79 Å². The summed E-state index contributed by atoms with van der Waals surface area (Å²) in [5.41, 5.74) is 1.04. The van der Waals surface area contributed by atoms with E-state index in [-0.39, 0.29) is 6.61 Å². The third-order valence-electron chi connectivity index (χ3n) is 2.64. The van der Waals surface area contributed by atoms with Crippen molar-refractivity contribution in [2.45, 2.75) is 12.3 Å². The summed E-state index contributed by atoms with van der Waals surface area (Å²) in [5, 5.41) is 8.58. The second-order valence-corrected chi connectivity index (χ2v) is 3.78. The highest BCUT2D eigenvalue weighted by atomic mass is 16.5. The predicted molar refractivity (Wildman–Crippen MR) is 57.7 cm³/mol. The van der Waals surface area contributed by atoms with Gasteiger partial charge < -0.3 is 14.6 Å². The monoisotopic (exact) mass is 222 g/mol. The first kappa shape index (κ1) is 11.0. The number of carbonyl (C=O) groups is 1. The van der Waals surface area contributed by atoms with Gasteiger partial charge in [0.05, 0.1) is 6.61 Å². The summed E-state index contributed by atoms with van der Waals surface area (Å²) in [7, 11) is 0. The van der Waals surface area contributed by atoms with Crippen molar-refractivity contribution in [1.82, 2.24) is 0 Å². The maximum Gasteiger partial charge on any atom is 0.341 e. The van der Waals surface area contributed by atoms with E-state index in [1.165, 1.54) is 0 Å². The minimum Gasteiger partial charge on any atom is -0.482 e. The number of rotatable bonds is 4. The fraction of sp³-hybridized carbons (Fsp3) is 0.417. The van der Waals surface area contributed by atoms with E-state index in [4.69, 9.17) is 14.6 Å². The molecule has 1 heterocycles. The maximum absolute atomic E-state index is 10.5. The van der Waals surface area contributed by atoms with Crippen LogP contribution in [0.5, 0.6) is 5.75 Å². The Morgan fingerprint density at radius 3 is 3.00 bits per heavy atom. The fourth-order valence-corrected chi connectivity index (χ4v) is 1.87. The summed E-state index contributed by atoms with van der Waals surface area (Å²) in [4.78, 5) is 10.5. The summed E-state index contributed by atoms with van der Waals surface area (Å²) < 4.78 is 10.6. The molecule has 4 nitrogen and oxygen atoms in total. The standard InChI is InChI=1S/C12H14O4/c13-12(14)8-16-11-4-2-1-3-10(11)9-5-6-15-7-9/h1-4,9H,5-8H2,(H,13,14). The van der Waals surface area contributed by atoms with Crippen LogP contribution < -0.4 is 4.74 Å². The number of carboxylic acid groups (broad SMARTS) is 1. The SMILES string of the molecule is O=C(O)COc1ccccc1C1CCOC1. The van der Waals surface area contributed by atoms with Crippen LogP contribution in [0.25, 0.3) is 0 Å². The van der Waals surface area contributed by atoms with E-state index in [2.05, 4.69) is 0 Å². The molecule has 16 heavy (non-hydrogen) atoms. The molecule has 0 spiro atoms. The molecule has 1 aromatic carbocycles. The first-order valence-electron chi connectivity index (χ1n) is 5.28. The molecule has 1 aliphatic rings. The van der Waals surface area contributed by atoms with Crippen molar-refractivity contribution in [2.75, 3.05) is 19.8 Å². The Morgan fingerprint density at radius 2 is 2.31 bits per heavy atom. The van der Waals surface area contributed by atoms with Crippen molar-refractivity contribution < 1.29 is 19.4 Å². The van der Waals surface area contributed by atoms with Crippen LogP contribution in [0.2, 0.25) is 0 Å². The zero-order valence-electron chi connectivity index (χ0n) is 8.89. The highest BCUT2D eigenvalue weighted by molar-refractivity contribution is 5.68. The molecule has 0 radical (unpaired) electrons. The highest BCUT2D eigenvalue weighted by Crippen LogP contribution is 2.32. The van der Waals surface area contributed by atoms with Crippen LogP contribution in [0.15, 0.2) is 24.3 Å². The molecule has 2 rings (SSSR count). The number of benzene rings is 1. The van der Waals surface area contributed by atoms with Gasteiger partial charge in [-0.1, -0.05) is 18.2 Å². The van der Waals surface area contributed by atoms with Crippen LogP contribution in [0.1, 0.15) is 17.9 Å². The second kappa shape index (κ2) is 4.99. The third kappa shape index (κ3) is 2.52. The van der Waals surface area contributed by atoms with Gasteiger partial charge in [0.25, 0.3) is 0 Å². The van der Waals surface area contributed by atoms with Crippen LogP contribution in [0, 0.1) is 0 Å². The second-order valence-electron chi connectivity index (χ2n) is 3.78. The van der Waals surface area contributed by atoms with Gasteiger partial charge >= 0.3 is 5.97 Å². The molecule has 0 saturated carbocycles. The lowest BCUT2D eigenvalue weighted by molar-refractivity contribution is -0.139. The van der Waals surface area contributed by atoms with Crippen LogP contribution in [-0.2, 0) is 9.53 Å². The van der Waals surface area contributed by atoms with Crippen LogP contribution in [0.3, 0.4) is 0 Å². The zero-order chi connectivity index (χ0) is 11.4. The summed E-state index contributed by atoms with van der Waals surface area (Å²) in [6, 6.07) is 7.55. The molecule has 1 fully saturated rings. The summed E-state index contributed by atoms with van der Waals surface area (Å²) >= 11 is 0. The lowest BCUT2D eigenvalue weighted by Gasteiger charge is -2.13. The van der Waals surface area contributed by atoms with E-state index in [0.717, 1.165) is 18.6 Å². The largest absolute Gasteiger partial charge is 0.482 e. The van der Waals surface area contributed by atoms with E-state index in [1.807, 2.05) is 18.2 Å². The number of hydrogen-bond acceptors (Lipinski definition) is 3. The number of hydrogen-bond donors (Lipinski definition) is 1. The molecule has 1 atom stereocenters. The Kier molecular flexibility index (Phi) is 3.41. The Balaban J connectivity index is 2.13. The van der Waals surface area contributed by atoms with Crippen molar-refractivity contribution in [3.8, 4) is 5.75 Å². The van der Waals surface area contributed by atoms with Crippen molar-refractivity contribution >= 4 is 5.97 Å². The molecular formula is C12H14O4. The molecule has 4 heteroatoms. The number of ether oxygens (including phenoxy) is 2. The molecule has 1 aromatic rings. The topological polar surface area (TPSA) is 55.8 Å². The molecular weight excluding hydrogens is 208 g/mol. The molecule has 0 aromatic heterocycles. The molecule has 86 valence electrons. The van der Waals surface area contributed by atoms with Crippen molar-refractivity contribution in [3.63, 3.8) is 0 Å². The van der Waals surface area contributed by atoms with Gasteiger partial charge in [-0.05, 0) is 18.1 Å². The van der Waals surface area contributed by atoms with Gasteiger partial charge in [0.2, 0.25) is 0 Å². The molecule has 0 amide bonds. The zero-order valence-corrected chi connectivity index (χ0v) is 8.89. The highest BCUT2D eigenvalue weighted by Gasteiger charge is 2.21. The summed E-state index contributed by atoms with van der Waals surface area (Å²) in [5.74, 6) is 0.0165. The quantitative estimate of drug-likeness (QED) is 0.841. The predicted octanol–water partition coefficient (Wildman–Crippen LogP) is 1.65. The minimum absolute atomic E-state index is 0.301. The van der Waals surface area contributed by atoms with Crippen molar-refractivity contribution in [1.29, 1.82) is 0 Å². The average Bonchev–Trinajstić information content (AvgIpc) is 2.80. The van der Waals surface area contributed by atoms with Gasteiger partial charge in [-0.3, -0.25) is 0 Å². The lowest BCUT2D eigenvalue weighted by atomic mass is 9.98. The molecule has 1 unspecified atom stereocenters. The molecule has 1 saturated heterocycles. The molecule has 0 aliphatic carbocycles. The van der Waals surface area contributed by atoms with Crippen LogP contribution in [-0.4, -0.2) is 30.9 Å². The lowest BCUT2D eigenvalue weighted by Crippen LogP contribution is -2.11. The molecule has 1 N–H and O–H groups in total. The Hall–Kier alpha value is -1.55. The Bertz CT molecular complexity index is 369. The first-order valence-corrected chi connectivity index (χ1v) is 5.28. The third-order valence-corrected chi connectivity index (χ3v) is 2.64.